The van der Waals surface area contributed by atoms with E-state index in [0.29, 0.717) is 28.9 Å². The highest BCUT2D eigenvalue weighted by molar-refractivity contribution is 6.02. The number of carbonyl (C=O) groups excluding carboxylic acids is 2. The van der Waals surface area contributed by atoms with Gasteiger partial charge in [-0.2, -0.15) is 5.10 Å². The van der Waals surface area contributed by atoms with E-state index in [2.05, 4.69) is 15.5 Å². The van der Waals surface area contributed by atoms with Crippen molar-refractivity contribution < 1.29 is 19.4 Å². The van der Waals surface area contributed by atoms with Crippen LogP contribution in [0, 0.1) is 0 Å². The summed E-state index contributed by atoms with van der Waals surface area (Å²) in [6.07, 6.45) is 3.79. The summed E-state index contributed by atoms with van der Waals surface area (Å²) in [5.41, 5.74) is 12.0. The van der Waals surface area contributed by atoms with Crippen molar-refractivity contribution in [3.63, 3.8) is 0 Å². The van der Waals surface area contributed by atoms with Crippen molar-refractivity contribution in [3.05, 3.63) is 99.0 Å². The summed E-state index contributed by atoms with van der Waals surface area (Å²) in [5, 5.41) is 17.2. The lowest BCUT2D eigenvalue weighted by atomic mass is 9.86. The maximum Gasteiger partial charge on any atom is 0.343 e. The molecule has 43 heavy (non-hydrogen) atoms. The molecule has 1 unspecified atom stereocenters. The maximum absolute atomic E-state index is 13.6. The van der Waals surface area contributed by atoms with E-state index in [1.165, 1.54) is 0 Å². The van der Waals surface area contributed by atoms with Crippen molar-refractivity contribution in [2.24, 2.45) is 10.8 Å². The quantitative estimate of drug-likeness (QED) is 0.134. The normalized spacial score (nSPS) is 18.0. The molecule has 11 nitrogen and oxygen atoms in total. The van der Waals surface area contributed by atoms with Crippen LogP contribution >= 0.6 is 0 Å². The second-order valence-electron chi connectivity index (χ2n) is 10.9. The van der Waals surface area contributed by atoms with E-state index < -0.39 is 23.5 Å². The number of hydrazone groups is 1. The average Bonchev–Trinajstić information content (AvgIpc) is 3.60. The number of carbonyl (C=O) groups is 2. The molecule has 2 aromatic carbocycles. The lowest BCUT2D eigenvalue weighted by molar-refractivity contribution is -0.172. The van der Waals surface area contributed by atoms with Crippen molar-refractivity contribution in [2.75, 3.05) is 0 Å². The Bertz CT molecular complexity index is 2060. The Hall–Kier alpha value is -5.13. The number of rotatable bonds is 6. The maximum atomic E-state index is 13.6. The molecule has 7 rings (SSSR count). The number of ether oxygens (including phenoxy) is 1. The Kier molecular flexibility index (Phi) is 6.22. The predicted octanol–water partition coefficient (Wildman–Crippen LogP) is 2.58. The van der Waals surface area contributed by atoms with Gasteiger partial charge in [0.25, 0.3) is 11.5 Å². The molecule has 2 atom stereocenters. The molecule has 5 aromatic rings. The predicted molar refractivity (Wildman–Crippen MR) is 160 cm³/mol. The second kappa shape index (κ2) is 10.0. The molecule has 0 saturated heterocycles. The zero-order chi connectivity index (χ0) is 29.9. The summed E-state index contributed by atoms with van der Waals surface area (Å²) in [6, 6.07) is 16.1. The number of pyridine rings is 2. The lowest BCUT2D eigenvalue weighted by Gasteiger charge is -2.31. The number of fused-ring (bicyclic) bond motifs is 6. The molecule has 11 heteroatoms. The number of esters is 1. The number of nitrogens with two attached hydrogens (primary N) is 1. The standard InChI is InChI=1S/C32H28N6O5/c1-2-32(42)23-12-27-28-21(15-38(27)30(40)22(23)16-43-31(32)41)20(19-8-4-6-10-26(19)36-28)14-35-37-29(39)24(33)11-17-13-34-25-9-5-3-7-18(17)25/h3-10,12-14,24,34,42H,2,11,15-16,33H2,1H3,(H,37,39)/b35-14-/t24?,32-/m0/s1. The number of cyclic esters (lactones) is 1. The first-order valence-electron chi connectivity index (χ1n) is 14.0. The van der Waals surface area contributed by atoms with Crippen LogP contribution in [0.3, 0.4) is 0 Å². The van der Waals surface area contributed by atoms with Crippen LogP contribution in [0.15, 0.2) is 70.7 Å². The fourth-order valence-corrected chi connectivity index (χ4v) is 6.08. The largest absolute Gasteiger partial charge is 0.458 e. The number of aromatic amines is 1. The summed E-state index contributed by atoms with van der Waals surface area (Å²) in [4.78, 5) is 47.0. The van der Waals surface area contributed by atoms with Crippen molar-refractivity contribution in [3.8, 4) is 11.4 Å². The topological polar surface area (TPSA) is 165 Å². The third kappa shape index (κ3) is 4.16. The van der Waals surface area contributed by atoms with E-state index >= 15 is 0 Å². The Balaban J connectivity index is 1.23. The molecule has 2 aliphatic rings. The second-order valence-corrected chi connectivity index (χ2v) is 10.9. The monoisotopic (exact) mass is 576 g/mol. The molecule has 5 heterocycles. The minimum atomic E-state index is -1.91. The van der Waals surface area contributed by atoms with E-state index in [1.54, 1.807) is 23.8 Å². The summed E-state index contributed by atoms with van der Waals surface area (Å²) in [6.45, 7) is 1.65. The van der Waals surface area contributed by atoms with Gasteiger partial charge >= 0.3 is 5.97 Å². The lowest BCUT2D eigenvalue weighted by Crippen LogP contribution is -2.44. The molecule has 1 amide bonds. The fraction of sp³-hybridized carbons (Fsp3) is 0.219. The van der Waals surface area contributed by atoms with Crippen LogP contribution in [0.4, 0.5) is 0 Å². The molecular weight excluding hydrogens is 548 g/mol. The SMILES string of the molecule is CC[C@@]1(O)C(=O)OCc2c1cc1n(c2=O)Cc2c-1nc1ccccc1c2/C=N\NC(=O)C(N)Cc1c[nH]c2ccccc12. The highest BCUT2D eigenvalue weighted by Gasteiger charge is 2.45. The first-order valence-corrected chi connectivity index (χ1v) is 14.0. The van der Waals surface area contributed by atoms with E-state index in [1.807, 2.05) is 54.7 Å². The number of para-hydroxylation sites is 2. The van der Waals surface area contributed by atoms with Crippen molar-refractivity contribution >= 4 is 39.9 Å². The van der Waals surface area contributed by atoms with E-state index in [4.69, 9.17) is 15.5 Å². The van der Waals surface area contributed by atoms with E-state index in [9.17, 15) is 19.5 Å². The van der Waals surface area contributed by atoms with Crippen molar-refractivity contribution in [1.29, 1.82) is 0 Å². The van der Waals surface area contributed by atoms with Crippen LogP contribution in [-0.4, -0.2) is 43.8 Å². The molecular formula is C32H28N6O5. The molecule has 0 fully saturated rings. The fourth-order valence-electron chi connectivity index (χ4n) is 6.08. The zero-order valence-electron chi connectivity index (χ0n) is 23.3. The number of H-pyrrole nitrogens is 1. The molecule has 0 spiro atoms. The summed E-state index contributed by atoms with van der Waals surface area (Å²) in [7, 11) is 0. The van der Waals surface area contributed by atoms with Gasteiger partial charge in [-0.05, 0) is 36.6 Å². The number of aliphatic hydroxyl groups is 1. The third-order valence-corrected chi connectivity index (χ3v) is 8.46. The van der Waals surface area contributed by atoms with Gasteiger partial charge in [-0.15, -0.1) is 0 Å². The molecule has 2 aliphatic heterocycles. The van der Waals surface area contributed by atoms with Gasteiger partial charge in [0, 0.05) is 39.2 Å². The van der Waals surface area contributed by atoms with Gasteiger partial charge in [0.05, 0.1) is 41.3 Å². The summed E-state index contributed by atoms with van der Waals surface area (Å²) >= 11 is 0. The first-order chi connectivity index (χ1) is 20.8. The van der Waals surface area contributed by atoms with Crippen LogP contribution in [0.5, 0.6) is 0 Å². The molecule has 0 saturated carbocycles. The number of nitrogens with one attached hydrogen (secondary N) is 2. The molecule has 0 radical (unpaired) electrons. The van der Waals surface area contributed by atoms with E-state index in [0.717, 1.165) is 27.4 Å². The average molecular weight is 577 g/mol. The number of amides is 1. The number of nitrogens with zero attached hydrogens (tertiary/aromatic N) is 3. The van der Waals surface area contributed by atoms with Crippen molar-refractivity contribution in [2.45, 2.75) is 44.6 Å². The number of benzene rings is 2. The third-order valence-electron chi connectivity index (χ3n) is 8.46. The minimum Gasteiger partial charge on any atom is -0.458 e. The van der Waals surface area contributed by atoms with Gasteiger partial charge in [0.15, 0.2) is 5.60 Å². The number of aromatic nitrogens is 3. The van der Waals surface area contributed by atoms with Crippen molar-refractivity contribution in [1.82, 2.24) is 20.0 Å². The smallest absolute Gasteiger partial charge is 0.343 e. The zero-order valence-corrected chi connectivity index (χ0v) is 23.3. The Morgan fingerprint density at radius 3 is 2.79 bits per heavy atom. The van der Waals surface area contributed by atoms with Crippen LogP contribution < -0.4 is 16.7 Å². The Morgan fingerprint density at radius 1 is 1.21 bits per heavy atom. The molecule has 0 aliphatic carbocycles. The van der Waals surface area contributed by atoms with Crippen LogP contribution in [-0.2, 0) is 39.5 Å². The highest BCUT2D eigenvalue weighted by Crippen LogP contribution is 2.39. The summed E-state index contributed by atoms with van der Waals surface area (Å²) < 4.78 is 6.74. The minimum absolute atomic E-state index is 0.0553. The van der Waals surface area contributed by atoms with Gasteiger partial charge in [-0.1, -0.05) is 43.3 Å². The van der Waals surface area contributed by atoms with Gasteiger partial charge in [-0.3, -0.25) is 9.59 Å². The number of hydrogen-bond acceptors (Lipinski definition) is 8. The van der Waals surface area contributed by atoms with Gasteiger partial charge in [-0.25, -0.2) is 15.2 Å². The van der Waals surface area contributed by atoms with Gasteiger partial charge in [0.1, 0.15) is 6.61 Å². The molecule has 5 N–H and O–H groups in total. The number of hydrogen-bond donors (Lipinski definition) is 4. The molecule has 216 valence electrons. The van der Waals surface area contributed by atoms with E-state index in [-0.39, 0.29) is 36.3 Å². The van der Waals surface area contributed by atoms with Gasteiger partial charge in [0.2, 0.25) is 0 Å². The first kappa shape index (κ1) is 26.7. The van der Waals surface area contributed by atoms with Crippen LogP contribution in [0.1, 0.15) is 41.2 Å². The summed E-state index contributed by atoms with van der Waals surface area (Å²) in [5.74, 6) is -1.21. The van der Waals surface area contributed by atoms with Crippen LogP contribution in [0.2, 0.25) is 0 Å². The Labute approximate surface area is 245 Å². The van der Waals surface area contributed by atoms with Crippen LogP contribution in [0.25, 0.3) is 33.2 Å². The van der Waals surface area contributed by atoms with Gasteiger partial charge < -0.3 is 25.1 Å². The highest BCUT2D eigenvalue weighted by atomic mass is 16.6. The molecule has 3 aromatic heterocycles. The Morgan fingerprint density at radius 2 is 1.98 bits per heavy atom. The molecule has 0 bridgehead atoms.